The van der Waals surface area contributed by atoms with Gasteiger partial charge in [0.15, 0.2) is 6.61 Å². The summed E-state index contributed by atoms with van der Waals surface area (Å²) in [5.41, 5.74) is 0.560. The Morgan fingerprint density at radius 1 is 0.962 bits per heavy atom. The summed E-state index contributed by atoms with van der Waals surface area (Å²) < 4.78 is 11.6. The number of hydrogen-bond donors (Lipinski definition) is 2. The maximum absolute atomic E-state index is 11.9. The van der Waals surface area contributed by atoms with E-state index in [0.717, 1.165) is 10.2 Å². The van der Waals surface area contributed by atoms with E-state index in [1.807, 2.05) is 13.0 Å². The SMILES string of the molecule is CCOc1ccc(OCC(=O)NCCNC(=O)c2cccc(Br)c2)cc1. The topological polar surface area (TPSA) is 76.7 Å². The Bertz CT molecular complexity index is 735. The highest BCUT2D eigenvalue weighted by Crippen LogP contribution is 2.17. The van der Waals surface area contributed by atoms with Gasteiger partial charge in [-0.2, -0.15) is 0 Å². The van der Waals surface area contributed by atoms with E-state index in [-0.39, 0.29) is 18.4 Å². The van der Waals surface area contributed by atoms with Crippen molar-refractivity contribution in [2.45, 2.75) is 6.92 Å². The second-order valence-corrected chi connectivity index (χ2v) is 6.22. The van der Waals surface area contributed by atoms with Crippen molar-refractivity contribution in [1.29, 1.82) is 0 Å². The highest BCUT2D eigenvalue weighted by Gasteiger charge is 2.06. The fourth-order valence-corrected chi connectivity index (χ4v) is 2.51. The van der Waals surface area contributed by atoms with Crippen molar-refractivity contribution in [3.05, 3.63) is 58.6 Å². The van der Waals surface area contributed by atoms with Gasteiger partial charge in [0.05, 0.1) is 6.61 Å². The predicted octanol–water partition coefficient (Wildman–Crippen LogP) is 2.77. The van der Waals surface area contributed by atoms with Crippen molar-refractivity contribution < 1.29 is 19.1 Å². The highest BCUT2D eigenvalue weighted by molar-refractivity contribution is 9.10. The summed E-state index contributed by atoms with van der Waals surface area (Å²) >= 11 is 3.32. The van der Waals surface area contributed by atoms with Crippen LogP contribution in [0.3, 0.4) is 0 Å². The van der Waals surface area contributed by atoms with Crippen molar-refractivity contribution in [2.24, 2.45) is 0 Å². The van der Waals surface area contributed by atoms with E-state index in [9.17, 15) is 9.59 Å². The lowest BCUT2D eigenvalue weighted by atomic mass is 10.2. The van der Waals surface area contributed by atoms with Gasteiger partial charge in [-0.25, -0.2) is 0 Å². The van der Waals surface area contributed by atoms with Crippen LogP contribution in [0.2, 0.25) is 0 Å². The van der Waals surface area contributed by atoms with Crippen LogP contribution in [0.4, 0.5) is 0 Å². The summed E-state index contributed by atoms with van der Waals surface area (Å²) in [6, 6.07) is 14.2. The number of hydrogen-bond acceptors (Lipinski definition) is 4. The first-order valence-corrected chi connectivity index (χ1v) is 9.04. The van der Waals surface area contributed by atoms with Crippen LogP contribution in [0.1, 0.15) is 17.3 Å². The minimum Gasteiger partial charge on any atom is -0.494 e. The third-order valence-corrected chi connectivity index (χ3v) is 3.82. The van der Waals surface area contributed by atoms with Crippen molar-refractivity contribution in [2.75, 3.05) is 26.3 Å². The zero-order chi connectivity index (χ0) is 18.8. The molecular formula is C19H21BrN2O4. The number of amides is 2. The molecule has 2 N–H and O–H groups in total. The van der Waals surface area contributed by atoms with E-state index in [4.69, 9.17) is 9.47 Å². The largest absolute Gasteiger partial charge is 0.494 e. The summed E-state index contributed by atoms with van der Waals surface area (Å²) in [7, 11) is 0. The predicted molar refractivity (Wildman–Crippen MR) is 103 cm³/mol. The van der Waals surface area contributed by atoms with E-state index in [0.29, 0.717) is 31.0 Å². The molecule has 0 aromatic heterocycles. The van der Waals surface area contributed by atoms with Crippen molar-refractivity contribution in [1.82, 2.24) is 10.6 Å². The Morgan fingerprint density at radius 3 is 2.27 bits per heavy atom. The van der Waals surface area contributed by atoms with Crippen LogP contribution >= 0.6 is 15.9 Å². The van der Waals surface area contributed by atoms with Gasteiger partial charge < -0.3 is 20.1 Å². The van der Waals surface area contributed by atoms with Gasteiger partial charge in [-0.1, -0.05) is 22.0 Å². The standard InChI is InChI=1S/C19H21BrN2O4/c1-2-25-16-6-8-17(9-7-16)26-13-18(23)21-10-11-22-19(24)14-4-3-5-15(20)12-14/h3-9,12H,2,10-11,13H2,1H3,(H,21,23)(H,22,24). The molecule has 2 rings (SSSR count). The van der Waals surface area contributed by atoms with Gasteiger partial charge in [-0.05, 0) is 49.4 Å². The lowest BCUT2D eigenvalue weighted by Gasteiger charge is -2.09. The molecule has 0 fully saturated rings. The Morgan fingerprint density at radius 2 is 1.62 bits per heavy atom. The van der Waals surface area contributed by atoms with Gasteiger partial charge >= 0.3 is 0 Å². The van der Waals surface area contributed by atoms with Crippen molar-refractivity contribution in [3.8, 4) is 11.5 Å². The highest BCUT2D eigenvalue weighted by atomic mass is 79.9. The lowest BCUT2D eigenvalue weighted by molar-refractivity contribution is -0.123. The quantitative estimate of drug-likeness (QED) is 0.611. The van der Waals surface area contributed by atoms with Gasteiger partial charge in [0.1, 0.15) is 11.5 Å². The van der Waals surface area contributed by atoms with Gasteiger partial charge in [-0.15, -0.1) is 0 Å². The van der Waals surface area contributed by atoms with E-state index < -0.39 is 0 Å². The Hall–Kier alpha value is -2.54. The van der Waals surface area contributed by atoms with Gasteiger partial charge in [0.2, 0.25) is 0 Å². The minimum absolute atomic E-state index is 0.0897. The molecule has 2 aromatic carbocycles. The molecular weight excluding hydrogens is 400 g/mol. The molecule has 26 heavy (non-hydrogen) atoms. The molecule has 7 heteroatoms. The molecule has 0 atom stereocenters. The number of ether oxygens (including phenoxy) is 2. The molecule has 0 aliphatic carbocycles. The fourth-order valence-electron chi connectivity index (χ4n) is 2.11. The number of carbonyl (C=O) groups excluding carboxylic acids is 2. The van der Waals surface area contributed by atoms with Crippen molar-refractivity contribution in [3.63, 3.8) is 0 Å². The molecule has 0 saturated heterocycles. The number of carbonyl (C=O) groups is 2. The molecule has 0 spiro atoms. The summed E-state index contributed by atoms with van der Waals surface area (Å²) in [6.45, 7) is 3.08. The monoisotopic (exact) mass is 420 g/mol. The van der Waals surface area contributed by atoms with Crippen LogP contribution < -0.4 is 20.1 Å². The second-order valence-electron chi connectivity index (χ2n) is 5.31. The number of benzene rings is 2. The van der Waals surface area contributed by atoms with E-state index >= 15 is 0 Å². The number of halogens is 1. The Kier molecular flexibility index (Phi) is 7.95. The third kappa shape index (κ3) is 6.76. The summed E-state index contributed by atoms with van der Waals surface area (Å²) in [5, 5.41) is 5.43. The summed E-state index contributed by atoms with van der Waals surface area (Å²) in [4.78, 5) is 23.7. The molecule has 138 valence electrons. The third-order valence-electron chi connectivity index (χ3n) is 3.32. The zero-order valence-electron chi connectivity index (χ0n) is 14.5. The van der Waals surface area contributed by atoms with E-state index in [2.05, 4.69) is 26.6 Å². The molecule has 0 saturated carbocycles. The normalized spacial score (nSPS) is 10.1. The van der Waals surface area contributed by atoms with E-state index in [1.54, 1.807) is 42.5 Å². The van der Waals surface area contributed by atoms with Gasteiger partial charge in [-0.3, -0.25) is 9.59 Å². The lowest BCUT2D eigenvalue weighted by Crippen LogP contribution is -2.36. The van der Waals surface area contributed by atoms with Crippen LogP contribution in [-0.2, 0) is 4.79 Å². The first-order valence-electron chi connectivity index (χ1n) is 8.24. The molecule has 0 aliphatic rings. The molecule has 2 amide bonds. The van der Waals surface area contributed by atoms with Crippen LogP contribution in [0.25, 0.3) is 0 Å². The molecule has 0 heterocycles. The van der Waals surface area contributed by atoms with Gasteiger partial charge in [0, 0.05) is 23.1 Å². The maximum Gasteiger partial charge on any atom is 0.258 e. The summed E-state index contributed by atoms with van der Waals surface area (Å²) in [6.07, 6.45) is 0. The van der Waals surface area contributed by atoms with Crippen LogP contribution in [0.5, 0.6) is 11.5 Å². The molecule has 2 aromatic rings. The van der Waals surface area contributed by atoms with Crippen LogP contribution in [0.15, 0.2) is 53.0 Å². The minimum atomic E-state index is -0.254. The Labute approximate surface area is 161 Å². The molecule has 0 radical (unpaired) electrons. The number of rotatable bonds is 9. The van der Waals surface area contributed by atoms with Crippen LogP contribution in [0, 0.1) is 0 Å². The fraction of sp³-hybridized carbons (Fsp3) is 0.263. The summed E-state index contributed by atoms with van der Waals surface area (Å²) in [5.74, 6) is 0.902. The smallest absolute Gasteiger partial charge is 0.258 e. The first-order chi connectivity index (χ1) is 12.6. The molecule has 0 bridgehead atoms. The molecule has 6 nitrogen and oxygen atoms in total. The average Bonchev–Trinajstić information content (AvgIpc) is 2.65. The average molecular weight is 421 g/mol. The molecule has 0 aliphatic heterocycles. The van der Waals surface area contributed by atoms with Crippen molar-refractivity contribution >= 4 is 27.7 Å². The van der Waals surface area contributed by atoms with Crippen LogP contribution in [-0.4, -0.2) is 38.1 Å². The van der Waals surface area contributed by atoms with Gasteiger partial charge in [0.25, 0.3) is 11.8 Å². The maximum atomic E-state index is 11.9. The van der Waals surface area contributed by atoms with E-state index in [1.165, 1.54) is 0 Å². The Balaban J connectivity index is 1.63. The zero-order valence-corrected chi connectivity index (χ0v) is 16.0. The number of nitrogens with one attached hydrogen (secondary N) is 2. The molecule has 0 unspecified atom stereocenters. The second kappa shape index (κ2) is 10.5. The first kappa shape index (κ1) is 19.8.